The normalized spacial score (nSPS) is 52.9. The number of hydrogen-bond donors (Lipinski definition) is 0. The predicted molar refractivity (Wildman–Crippen MR) is 35.8 cm³/mol. The highest BCUT2D eigenvalue weighted by molar-refractivity contribution is 5.75. The van der Waals surface area contributed by atoms with Crippen LogP contribution in [0.3, 0.4) is 0 Å². The zero-order valence-corrected chi connectivity index (χ0v) is 6.16. The molecule has 2 saturated heterocycles. The van der Waals surface area contributed by atoms with Crippen LogP contribution in [0.5, 0.6) is 0 Å². The highest BCUT2D eigenvalue weighted by Gasteiger charge is 2.53. The Balaban J connectivity index is 1.84. The van der Waals surface area contributed by atoms with Gasteiger partial charge in [-0.25, -0.2) is 0 Å². The molecule has 1 aliphatic carbocycles. The van der Waals surface area contributed by atoms with Crippen LogP contribution in [-0.2, 0) is 14.3 Å². The fourth-order valence-corrected chi connectivity index (χ4v) is 2.27. The second-order valence-corrected chi connectivity index (χ2v) is 3.68. The summed E-state index contributed by atoms with van der Waals surface area (Å²) in [4.78, 5) is 11.1. The first kappa shape index (κ1) is 6.00. The largest absolute Gasteiger partial charge is 0.465 e. The minimum Gasteiger partial charge on any atom is -0.465 e. The third-order valence-electron chi connectivity index (χ3n) is 3.02. The van der Waals surface area contributed by atoms with E-state index in [1.807, 2.05) is 0 Å². The first-order chi connectivity index (χ1) is 5.34. The fourth-order valence-electron chi connectivity index (χ4n) is 2.27. The number of carbonyl (C=O) groups excluding carboxylic acids is 1. The molecule has 3 rings (SSSR count). The summed E-state index contributed by atoms with van der Waals surface area (Å²) in [5, 5.41) is 0. The monoisotopic (exact) mass is 154 g/mol. The van der Waals surface area contributed by atoms with Crippen LogP contribution in [0.25, 0.3) is 0 Å². The molecule has 3 heteroatoms. The van der Waals surface area contributed by atoms with E-state index in [4.69, 9.17) is 9.47 Å². The topological polar surface area (TPSA) is 38.8 Å². The molecule has 60 valence electrons. The number of rotatable bonds is 0. The summed E-state index contributed by atoms with van der Waals surface area (Å²) in [5.74, 6) is 0.633. The molecule has 0 aromatic rings. The Labute approximate surface area is 64.7 Å². The molecular formula is C8H10O3. The van der Waals surface area contributed by atoms with Gasteiger partial charge >= 0.3 is 5.97 Å². The molecule has 0 aromatic heterocycles. The van der Waals surface area contributed by atoms with Crippen molar-refractivity contribution in [3.8, 4) is 0 Å². The molecule has 0 spiro atoms. The number of esters is 1. The van der Waals surface area contributed by atoms with E-state index in [9.17, 15) is 4.79 Å². The molecule has 2 aliphatic heterocycles. The second kappa shape index (κ2) is 1.78. The number of epoxide rings is 1. The highest BCUT2D eigenvalue weighted by atomic mass is 16.6. The maximum absolute atomic E-state index is 11.1. The van der Waals surface area contributed by atoms with E-state index in [0.717, 1.165) is 12.8 Å². The SMILES string of the molecule is O=C1OC[C@@H]2C[C@H]3O[C@H]3C[C@H]12. The van der Waals surface area contributed by atoms with Gasteiger partial charge in [0.2, 0.25) is 0 Å². The minimum atomic E-state index is 0.00366. The van der Waals surface area contributed by atoms with Crippen LogP contribution >= 0.6 is 0 Å². The lowest BCUT2D eigenvalue weighted by Crippen LogP contribution is -2.24. The summed E-state index contributed by atoms with van der Waals surface area (Å²) in [6, 6.07) is 0. The Morgan fingerprint density at radius 1 is 1.27 bits per heavy atom. The summed E-state index contributed by atoms with van der Waals surface area (Å²) in [6.45, 7) is 0.635. The van der Waals surface area contributed by atoms with Crippen LogP contribution in [0.2, 0.25) is 0 Å². The Morgan fingerprint density at radius 3 is 3.00 bits per heavy atom. The van der Waals surface area contributed by atoms with Gasteiger partial charge in [0.15, 0.2) is 0 Å². The van der Waals surface area contributed by atoms with Crippen LogP contribution in [0, 0.1) is 11.8 Å². The molecular weight excluding hydrogens is 144 g/mol. The van der Waals surface area contributed by atoms with Crippen molar-refractivity contribution in [2.24, 2.45) is 11.8 Å². The van der Waals surface area contributed by atoms with E-state index in [1.54, 1.807) is 0 Å². The van der Waals surface area contributed by atoms with E-state index in [2.05, 4.69) is 0 Å². The molecule has 3 nitrogen and oxygen atoms in total. The van der Waals surface area contributed by atoms with Crippen LogP contribution in [-0.4, -0.2) is 24.8 Å². The van der Waals surface area contributed by atoms with Crippen molar-refractivity contribution in [3.63, 3.8) is 0 Å². The standard InChI is InChI=1S/C8H10O3/c9-8-5-2-7-6(11-7)1-4(5)3-10-8/h4-7H,1-3H2/t4-,5-,6+,7-/m0/s1. The van der Waals surface area contributed by atoms with Crippen LogP contribution in [0.4, 0.5) is 0 Å². The average molecular weight is 154 g/mol. The van der Waals surface area contributed by atoms with Gasteiger partial charge in [-0.05, 0) is 12.8 Å². The summed E-state index contributed by atoms with van der Waals surface area (Å²) in [5.41, 5.74) is 0. The maximum Gasteiger partial charge on any atom is 0.309 e. The lowest BCUT2D eigenvalue weighted by molar-refractivity contribution is -0.141. The molecule has 0 radical (unpaired) electrons. The molecule has 2 heterocycles. The predicted octanol–water partition coefficient (Wildman–Crippen LogP) is 0.337. The molecule has 11 heavy (non-hydrogen) atoms. The zero-order chi connectivity index (χ0) is 7.42. The van der Waals surface area contributed by atoms with Crippen molar-refractivity contribution >= 4 is 5.97 Å². The first-order valence-corrected chi connectivity index (χ1v) is 4.16. The maximum atomic E-state index is 11.1. The third-order valence-corrected chi connectivity index (χ3v) is 3.02. The average Bonchev–Trinajstić information content (AvgIpc) is 2.68. The number of carbonyl (C=O) groups is 1. The van der Waals surface area contributed by atoms with E-state index < -0.39 is 0 Å². The Hall–Kier alpha value is -0.570. The van der Waals surface area contributed by atoms with Gasteiger partial charge in [-0.2, -0.15) is 0 Å². The van der Waals surface area contributed by atoms with E-state index in [-0.39, 0.29) is 11.9 Å². The lowest BCUT2D eigenvalue weighted by atomic mass is 9.81. The Bertz CT molecular complexity index is 213. The number of fused-ring (bicyclic) bond motifs is 2. The van der Waals surface area contributed by atoms with Gasteiger partial charge < -0.3 is 9.47 Å². The quantitative estimate of drug-likeness (QED) is 0.373. The fraction of sp³-hybridized carbons (Fsp3) is 0.875. The van der Waals surface area contributed by atoms with Gasteiger partial charge in [-0.15, -0.1) is 0 Å². The molecule has 0 unspecified atom stereocenters. The highest BCUT2D eigenvalue weighted by Crippen LogP contribution is 2.45. The molecule has 3 aliphatic rings. The van der Waals surface area contributed by atoms with Crippen molar-refractivity contribution < 1.29 is 14.3 Å². The summed E-state index contributed by atoms with van der Waals surface area (Å²) < 4.78 is 10.3. The van der Waals surface area contributed by atoms with Crippen molar-refractivity contribution in [3.05, 3.63) is 0 Å². The van der Waals surface area contributed by atoms with Gasteiger partial charge in [0.05, 0.1) is 24.7 Å². The molecule has 0 N–H and O–H groups in total. The van der Waals surface area contributed by atoms with Crippen molar-refractivity contribution in [2.75, 3.05) is 6.61 Å². The van der Waals surface area contributed by atoms with Crippen LogP contribution in [0.1, 0.15) is 12.8 Å². The zero-order valence-electron chi connectivity index (χ0n) is 6.16. The van der Waals surface area contributed by atoms with E-state index in [1.165, 1.54) is 0 Å². The Morgan fingerprint density at radius 2 is 2.09 bits per heavy atom. The van der Waals surface area contributed by atoms with E-state index in [0.29, 0.717) is 24.7 Å². The first-order valence-electron chi connectivity index (χ1n) is 4.16. The Kier molecular flexibility index (Phi) is 0.969. The summed E-state index contributed by atoms with van der Waals surface area (Å²) in [7, 11) is 0. The summed E-state index contributed by atoms with van der Waals surface area (Å²) in [6.07, 6.45) is 2.81. The van der Waals surface area contributed by atoms with Gasteiger partial charge in [0.25, 0.3) is 0 Å². The second-order valence-electron chi connectivity index (χ2n) is 3.68. The molecule has 4 atom stereocenters. The van der Waals surface area contributed by atoms with Gasteiger partial charge in [0, 0.05) is 5.92 Å². The lowest BCUT2D eigenvalue weighted by Gasteiger charge is -2.16. The molecule has 0 bridgehead atoms. The number of ether oxygens (including phenoxy) is 2. The van der Waals surface area contributed by atoms with Crippen molar-refractivity contribution in [1.82, 2.24) is 0 Å². The van der Waals surface area contributed by atoms with Crippen LogP contribution in [0.15, 0.2) is 0 Å². The molecule has 1 saturated carbocycles. The van der Waals surface area contributed by atoms with Gasteiger partial charge in [-0.3, -0.25) is 4.79 Å². The van der Waals surface area contributed by atoms with Crippen molar-refractivity contribution in [1.29, 1.82) is 0 Å². The molecule has 0 amide bonds. The van der Waals surface area contributed by atoms with E-state index >= 15 is 0 Å². The number of hydrogen-bond acceptors (Lipinski definition) is 3. The molecule has 0 aromatic carbocycles. The van der Waals surface area contributed by atoms with Crippen molar-refractivity contribution in [2.45, 2.75) is 25.0 Å². The number of cyclic esters (lactones) is 1. The molecule has 3 fully saturated rings. The minimum absolute atomic E-state index is 0.00366. The van der Waals surface area contributed by atoms with Gasteiger partial charge in [-0.1, -0.05) is 0 Å². The van der Waals surface area contributed by atoms with Crippen LogP contribution < -0.4 is 0 Å². The smallest absolute Gasteiger partial charge is 0.309 e. The third kappa shape index (κ3) is 0.745. The summed E-state index contributed by atoms with van der Waals surface area (Å²) >= 11 is 0. The van der Waals surface area contributed by atoms with Gasteiger partial charge in [0.1, 0.15) is 0 Å².